The van der Waals surface area contributed by atoms with Crippen molar-refractivity contribution in [1.82, 2.24) is 0 Å². The van der Waals surface area contributed by atoms with E-state index in [1.807, 2.05) is 26.0 Å². The molecule has 27 heavy (non-hydrogen) atoms. The molecule has 0 unspecified atom stereocenters. The van der Waals surface area contributed by atoms with Crippen LogP contribution in [0.25, 0.3) is 6.08 Å². The lowest BCUT2D eigenvalue weighted by molar-refractivity contribution is -0.112. The van der Waals surface area contributed by atoms with Gasteiger partial charge in [-0.05, 0) is 65.2 Å². The molecule has 0 radical (unpaired) electrons. The maximum atomic E-state index is 12.5. The van der Waals surface area contributed by atoms with Crippen LogP contribution in [0.5, 0.6) is 11.5 Å². The predicted octanol–water partition coefficient (Wildman–Crippen LogP) is 5.36. The first kappa shape index (κ1) is 20.8. The maximum absolute atomic E-state index is 12.5. The Morgan fingerprint density at radius 1 is 1.41 bits per heavy atom. The predicted molar refractivity (Wildman–Crippen MR) is 110 cm³/mol. The second-order valence-corrected chi connectivity index (χ2v) is 6.78. The van der Waals surface area contributed by atoms with Crippen molar-refractivity contribution < 1.29 is 14.3 Å². The van der Waals surface area contributed by atoms with Gasteiger partial charge < -0.3 is 14.8 Å². The standard InChI is InChI=1S/C20H18BrClN2O3/c1-4-27-17-10-13(9-15(21)19(17)26-3)8-14(11-23)20(25)24-18-12(2)6-5-7-16(18)22/h5-10H,4H2,1-3H3,(H,24,25)/b14-8+. The Morgan fingerprint density at radius 2 is 2.15 bits per heavy atom. The number of ether oxygens (including phenoxy) is 2. The number of carbonyl (C=O) groups excluding carboxylic acids is 1. The van der Waals surface area contributed by atoms with E-state index >= 15 is 0 Å². The molecular weight excluding hydrogens is 432 g/mol. The molecule has 1 amide bonds. The largest absolute Gasteiger partial charge is 0.492 e. The lowest BCUT2D eigenvalue weighted by atomic mass is 10.1. The van der Waals surface area contributed by atoms with Gasteiger partial charge in [-0.1, -0.05) is 23.7 Å². The average molecular weight is 450 g/mol. The highest BCUT2D eigenvalue weighted by Crippen LogP contribution is 2.37. The number of methoxy groups -OCH3 is 1. The highest BCUT2D eigenvalue weighted by Gasteiger charge is 2.15. The summed E-state index contributed by atoms with van der Waals surface area (Å²) in [5.74, 6) is 0.516. The van der Waals surface area contributed by atoms with Gasteiger partial charge in [-0.25, -0.2) is 0 Å². The van der Waals surface area contributed by atoms with Crippen LogP contribution in [0, 0.1) is 18.3 Å². The number of carbonyl (C=O) groups is 1. The monoisotopic (exact) mass is 448 g/mol. The Morgan fingerprint density at radius 3 is 2.74 bits per heavy atom. The number of nitrogens with one attached hydrogen (secondary N) is 1. The fourth-order valence-electron chi connectivity index (χ4n) is 2.42. The molecule has 0 saturated heterocycles. The van der Waals surface area contributed by atoms with Crippen LogP contribution < -0.4 is 14.8 Å². The van der Waals surface area contributed by atoms with Crippen LogP contribution in [0.1, 0.15) is 18.1 Å². The van der Waals surface area contributed by atoms with Gasteiger partial charge in [0.2, 0.25) is 0 Å². The minimum Gasteiger partial charge on any atom is -0.492 e. The van der Waals surface area contributed by atoms with Crippen LogP contribution in [0.15, 0.2) is 40.4 Å². The average Bonchev–Trinajstić information content (AvgIpc) is 2.63. The van der Waals surface area contributed by atoms with E-state index in [0.717, 1.165) is 5.56 Å². The van der Waals surface area contributed by atoms with Gasteiger partial charge in [-0.3, -0.25) is 4.79 Å². The van der Waals surface area contributed by atoms with Crippen LogP contribution >= 0.6 is 27.5 Å². The fraction of sp³-hybridized carbons (Fsp3) is 0.200. The van der Waals surface area contributed by atoms with Gasteiger partial charge in [-0.15, -0.1) is 0 Å². The van der Waals surface area contributed by atoms with Crippen molar-refractivity contribution in [1.29, 1.82) is 5.26 Å². The minimum atomic E-state index is -0.543. The van der Waals surface area contributed by atoms with Crippen LogP contribution in [0.2, 0.25) is 5.02 Å². The summed E-state index contributed by atoms with van der Waals surface area (Å²) in [6.07, 6.45) is 1.48. The third-order valence-corrected chi connectivity index (χ3v) is 4.58. The van der Waals surface area contributed by atoms with E-state index < -0.39 is 5.91 Å². The molecule has 2 aromatic carbocycles. The topological polar surface area (TPSA) is 71.3 Å². The third-order valence-electron chi connectivity index (χ3n) is 3.67. The number of rotatable bonds is 6. The Bertz CT molecular complexity index is 915. The molecule has 1 N–H and O–H groups in total. The van der Waals surface area contributed by atoms with Gasteiger partial charge in [0.1, 0.15) is 11.6 Å². The van der Waals surface area contributed by atoms with Gasteiger partial charge in [0.25, 0.3) is 5.91 Å². The molecule has 140 valence electrons. The quantitative estimate of drug-likeness (QED) is 0.476. The van der Waals surface area contributed by atoms with Crippen molar-refractivity contribution in [3.05, 3.63) is 56.5 Å². The summed E-state index contributed by atoms with van der Waals surface area (Å²) >= 11 is 9.55. The molecule has 2 aromatic rings. The summed E-state index contributed by atoms with van der Waals surface area (Å²) in [5, 5.41) is 12.5. The van der Waals surface area contributed by atoms with E-state index in [0.29, 0.717) is 38.9 Å². The molecule has 0 fully saturated rings. The number of nitriles is 1. The van der Waals surface area contributed by atoms with E-state index in [-0.39, 0.29) is 5.57 Å². The number of halogens is 2. The second kappa shape index (κ2) is 9.45. The Hall–Kier alpha value is -2.49. The molecule has 0 aliphatic heterocycles. The number of anilines is 1. The summed E-state index contributed by atoms with van der Waals surface area (Å²) in [6.45, 7) is 4.13. The molecule has 7 heteroatoms. The molecule has 0 aromatic heterocycles. The first-order valence-electron chi connectivity index (χ1n) is 8.09. The van der Waals surface area contributed by atoms with Crippen molar-refractivity contribution in [3.63, 3.8) is 0 Å². The van der Waals surface area contributed by atoms with Crippen molar-refractivity contribution in [2.75, 3.05) is 19.0 Å². The lowest BCUT2D eigenvalue weighted by Crippen LogP contribution is -2.14. The number of aryl methyl sites for hydroxylation is 1. The smallest absolute Gasteiger partial charge is 0.266 e. The first-order chi connectivity index (χ1) is 12.9. The molecule has 0 saturated carbocycles. The molecule has 0 atom stereocenters. The first-order valence-corrected chi connectivity index (χ1v) is 9.27. The van der Waals surface area contributed by atoms with Gasteiger partial charge in [-0.2, -0.15) is 5.26 Å². The van der Waals surface area contributed by atoms with Gasteiger partial charge in [0.15, 0.2) is 11.5 Å². The van der Waals surface area contributed by atoms with Crippen LogP contribution in [-0.4, -0.2) is 19.6 Å². The van der Waals surface area contributed by atoms with Gasteiger partial charge in [0.05, 0.1) is 28.9 Å². The van der Waals surface area contributed by atoms with Crippen LogP contribution in [-0.2, 0) is 4.79 Å². The summed E-state index contributed by atoms with van der Waals surface area (Å²) < 4.78 is 11.5. The Balaban J connectivity index is 2.38. The van der Waals surface area contributed by atoms with Crippen molar-refractivity contribution in [3.8, 4) is 17.6 Å². The highest BCUT2D eigenvalue weighted by molar-refractivity contribution is 9.10. The molecular formula is C20H18BrClN2O3. The number of hydrogen-bond donors (Lipinski definition) is 1. The fourth-order valence-corrected chi connectivity index (χ4v) is 3.31. The lowest BCUT2D eigenvalue weighted by Gasteiger charge is -2.12. The summed E-state index contributed by atoms with van der Waals surface area (Å²) in [7, 11) is 1.54. The third kappa shape index (κ3) is 5.03. The van der Waals surface area contributed by atoms with E-state index in [1.54, 1.807) is 24.3 Å². The zero-order chi connectivity index (χ0) is 20.0. The SMILES string of the molecule is CCOc1cc(/C=C(\C#N)C(=O)Nc2c(C)cccc2Cl)cc(Br)c1OC. The molecule has 2 rings (SSSR count). The molecule has 0 aliphatic rings. The second-order valence-electron chi connectivity index (χ2n) is 5.52. The van der Waals surface area contributed by atoms with Gasteiger partial charge >= 0.3 is 0 Å². The van der Waals surface area contributed by atoms with E-state index in [4.69, 9.17) is 21.1 Å². The van der Waals surface area contributed by atoms with Crippen molar-refractivity contribution in [2.24, 2.45) is 0 Å². The zero-order valence-electron chi connectivity index (χ0n) is 15.1. The van der Waals surface area contributed by atoms with Crippen LogP contribution in [0.3, 0.4) is 0 Å². The summed E-state index contributed by atoms with van der Waals surface area (Å²) in [6, 6.07) is 10.7. The Labute approximate surface area is 171 Å². The number of amides is 1. The van der Waals surface area contributed by atoms with Gasteiger partial charge in [0, 0.05) is 0 Å². The van der Waals surface area contributed by atoms with Crippen molar-refractivity contribution >= 4 is 45.2 Å². The number of para-hydroxylation sites is 1. The highest BCUT2D eigenvalue weighted by atomic mass is 79.9. The maximum Gasteiger partial charge on any atom is 0.266 e. The van der Waals surface area contributed by atoms with Crippen molar-refractivity contribution in [2.45, 2.75) is 13.8 Å². The van der Waals surface area contributed by atoms with Crippen LogP contribution in [0.4, 0.5) is 5.69 Å². The van der Waals surface area contributed by atoms with E-state index in [2.05, 4.69) is 21.2 Å². The minimum absolute atomic E-state index is 0.0613. The zero-order valence-corrected chi connectivity index (χ0v) is 17.4. The number of benzene rings is 2. The molecule has 0 heterocycles. The molecule has 5 nitrogen and oxygen atoms in total. The molecule has 0 spiro atoms. The number of hydrogen-bond acceptors (Lipinski definition) is 4. The summed E-state index contributed by atoms with van der Waals surface area (Å²) in [5.41, 5.74) is 1.85. The Kier molecular flexibility index (Phi) is 7.28. The summed E-state index contributed by atoms with van der Waals surface area (Å²) in [4.78, 5) is 12.5. The number of nitrogens with zero attached hydrogens (tertiary/aromatic N) is 1. The normalized spacial score (nSPS) is 10.9. The van der Waals surface area contributed by atoms with E-state index in [9.17, 15) is 10.1 Å². The molecule has 0 bridgehead atoms. The van der Waals surface area contributed by atoms with E-state index in [1.165, 1.54) is 13.2 Å². The molecule has 0 aliphatic carbocycles.